The molecule has 0 unspecified atom stereocenters. The molecular weight excluding hydrogens is 278 g/mol. The minimum atomic E-state index is -0.652. The van der Waals surface area contributed by atoms with Gasteiger partial charge in [0.2, 0.25) is 0 Å². The highest BCUT2D eigenvalue weighted by Crippen LogP contribution is 2.23. The highest BCUT2D eigenvalue weighted by Gasteiger charge is 2.20. The van der Waals surface area contributed by atoms with Crippen molar-refractivity contribution in [2.75, 3.05) is 0 Å². The molecule has 1 aromatic heterocycles. The molecule has 1 heterocycles. The number of rotatable bonds is 2. The fourth-order valence-corrected chi connectivity index (χ4v) is 2.82. The van der Waals surface area contributed by atoms with Crippen molar-refractivity contribution in [3.63, 3.8) is 0 Å². The Balaban J connectivity index is 1.96. The Hall–Kier alpha value is -1.81. The lowest BCUT2D eigenvalue weighted by molar-refractivity contribution is 0.0934. The number of carbonyl (C=O) groups is 1. The second-order valence-corrected chi connectivity index (χ2v) is 5.47. The molecule has 0 atom stereocenters. The van der Waals surface area contributed by atoms with Gasteiger partial charge in [0.1, 0.15) is 5.56 Å². The zero-order valence-corrected chi connectivity index (χ0v) is 11.6. The largest absolute Gasteiger partial charge is 0.421 e. The summed E-state index contributed by atoms with van der Waals surface area (Å²) in [5.41, 5.74) is -0.302. The van der Waals surface area contributed by atoms with Gasteiger partial charge in [-0.2, -0.15) is 0 Å². The van der Waals surface area contributed by atoms with E-state index < -0.39 is 5.63 Å². The van der Waals surface area contributed by atoms with Crippen molar-refractivity contribution in [3.8, 4) is 0 Å². The van der Waals surface area contributed by atoms with Gasteiger partial charge in [-0.25, -0.2) is 4.79 Å². The van der Waals surface area contributed by atoms with Crippen LogP contribution >= 0.6 is 11.6 Å². The number of fused-ring (bicyclic) bond motifs is 1. The average molecular weight is 292 g/mol. The monoisotopic (exact) mass is 291 g/mol. The summed E-state index contributed by atoms with van der Waals surface area (Å²) in [6.45, 7) is 0. The highest BCUT2D eigenvalue weighted by molar-refractivity contribution is 6.34. The molecule has 0 spiro atoms. The number of para-hydroxylation sites is 1. The van der Waals surface area contributed by atoms with Gasteiger partial charge in [0.05, 0.1) is 5.02 Å². The van der Waals surface area contributed by atoms with Gasteiger partial charge >= 0.3 is 5.63 Å². The van der Waals surface area contributed by atoms with E-state index in [0.29, 0.717) is 16.0 Å². The molecule has 1 aromatic carbocycles. The van der Waals surface area contributed by atoms with Crippen LogP contribution in [0.3, 0.4) is 0 Å². The molecular formula is C15H14ClNO3. The predicted octanol–water partition coefficient (Wildman–Crippen LogP) is 3.12. The van der Waals surface area contributed by atoms with E-state index in [1.807, 2.05) is 0 Å². The normalized spacial score (nSPS) is 15.7. The van der Waals surface area contributed by atoms with Crippen LogP contribution < -0.4 is 10.9 Å². The number of hydrogen-bond donors (Lipinski definition) is 1. The number of carbonyl (C=O) groups excluding carboxylic acids is 1. The summed E-state index contributed by atoms with van der Waals surface area (Å²) < 4.78 is 5.16. The number of hydrogen-bond acceptors (Lipinski definition) is 3. The van der Waals surface area contributed by atoms with Crippen LogP contribution in [0.5, 0.6) is 0 Å². The fraction of sp³-hybridized carbons (Fsp3) is 0.333. The lowest BCUT2D eigenvalue weighted by Crippen LogP contribution is -2.35. The number of halogens is 1. The number of amides is 1. The second-order valence-electron chi connectivity index (χ2n) is 5.06. The van der Waals surface area contributed by atoms with Crippen LogP contribution in [0.1, 0.15) is 36.0 Å². The van der Waals surface area contributed by atoms with Gasteiger partial charge in [0.25, 0.3) is 5.91 Å². The highest BCUT2D eigenvalue weighted by atomic mass is 35.5. The van der Waals surface area contributed by atoms with Crippen LogP contribution in [0.25, 0.3) is 11.0 Å². The first kappa shape index (κ1) is 13.2. The Morgan fingerprint density at radius 3 is 2.80 bits per heavy atom. The third kappa shape index (κ3) is 2.43. The Kier molecular flexibility index (Phi) is 3.49. The summed E-state index contributed by atoms with van der Waals surface area (Å²) in [7, 11) is 0. The van der Waals surface area contributed by atoms with Gasteiger partial charge in [0, 0.05) is 11.4 Å². The van der Waals surface area contributed by atoms with E-state index in [9.17, 15) is 9.59 Å². The molecule has 104 valence electrons. The molecule has 1 saturated carbocycles. The minimum absolute atomic E-state index is 0.0340. The first-order valence-corrected chi connectivity index (χ1v) is 7.06. The van der Waals surface area contributed by atoms with Crippen molar-refractivity contribution in [1.29, 1.82) is 0 Å². The fourth-order valence-electron chi connectivity index (χ4n) is 2.60. The van der Waals surface area contributed by atoms with E-state index in [-0.39, 0.29) is 17.5 Å². The molecule has 3 rings (SSSR count). The molecule has 5 heteroatoms. The molecule has 0 radical (unpaired) electrons. The Labute approximate surface area is 120 Å². The molecule has 0 bridgehead atoms. The molecule has 1 fully saturated rings. The third-order valence-electron chi connectivity index (χ3n) is 3.65. The maximum Gasteiger partial charge on any atom is 0.349 e. The maximum absolute atomic E-state index is 12.1. The van der Waals surface area contributed by atoms with Crippen LogP contribution in [0.2, 0.25) is 5.02 Å². The molecule has 20 heavy (non-hydrogen) atoms. The molecule has 1 aliphatic rings. The molecule has 4 nitrogen and oxygen atoms in total. The Bertz CT molecular complexity index is 717. The van der Waals surface area contributed by atoms with Crippen molar-refractivity contribution >= 4 is 28.5 Å². The van der Waals surface area contributed by atoms with Crippen LogP contribution in [-0.2, 0) is 0 Å². The maximum atomic E-state index is 12.1. The number of benzene rings is 1. The summed E-state index contributed by atoms with van der Waals surface area (Å²) in [5.74, 6) is -0.368. The third-order valence-corrected chi connectivity index (χ3v) is 3.94. The van der Waals surface area contributed by atoms with E-state index in [4.69, 9.17) is 16.0 Å². The predicted molar refractivity (Wildman–Crippen MR) is 77.2 cm³/mol. The minimum Gasteiger partial charge on any atom is -0.421 e. The lowest BCUT2D eigenvalue weighted by atomic mass is 10.1. The Morgan fingerprint density at radius 2 is 2.05 bits per heavy atom. The quantitative estimate of drug-likeness (QED) is 0.865. The first-order valence-electron chi connectivity index (χ1n) is 6.68. The van der Waals surface area contributed by atoms with Crippen molar-refractivity contribution < 1.29 is 9.21 Å². The van der Waals surface area contributed by atoms with E-state index >= 15 is 0 Å². The summed E-state index contributed by atoms with van der Waals surface area (Å²) in [6.07, 6.45) is 4.17. The van der Waals surface area contributed by atoms with Crippen molar-refractivity contribution in [2.24, 2.45) is 0 Å². The summed E-state index contributed by atoms with van der Waals surface area (Å²) in [6, 6.07) is 6.86. The van der Waals surface area contributed by atoms with E-state index in [1.54, 1.807) is 18.2 Å². The van der Waals surface area contributed by atoms with Crippen molar-refractivity contribution in [3.05, 3.63) is 45.3 Å². The van der Waals surface area contributed by atoms with Gasteiger partial charge in [0.15, 0.2) is 5.58 Å². The lowest BCUT2D eigenvalue weighted by Gasteiger charge is -2.11. The molecule has 0 aliphatic heterocycles. The van der Waals surface area contributed by atoms with E-state index in [1.165, 1.54) is 6.07 Å². The average Bonchev–Trinajstić information content (AvgIpc) is 2.92. The molecule has 2 aromatic rings. The smallest absolute Gasteiger partial charge is 0.349 e. The number of nitrogens with one attached hydrogen (secondary N) is 1. The first-order chi connectivity index (χ1) is 9.65. The van der Waals surface area contributed by atoms with Gasteiger partial charge in [-0.1, -0.05) is 36.6 Å². The summed E-state index contributed by atoms with van der Waals surface area (Å²) in [5, 5.41) is 3.89. The van der Waals surface area contributed by atoms with Crippen molar-refractivity contribution in [1.82, 2.24) is 5.32 Å². The topological polar surface area (TPSA) is 59.3 Å². The van der Waals surface area contributed by atoms with Crippen LogP contribution in [0, 0.1) is 0 Å². The van der Waals surface area contributed by atoms with Gasteiger partial charge in [-0.3, -0.25) is 4.79 Å². The SMILES string of the molecule is O=C(NC1CCCC1)c1cc2cccc(Cl)c2oc1=O. The molecule has 1 amide bonds. The van der Waals surface area contributed by atoms with Gasteiger partial charge in [-0.05, 0) is 25.0 Å². The van der Waals surface area contributed by atoms with Gasteiger partial charge < -0.3 is 9.73 Å². The van der Waals surface area contributed by atoms with Gasteiger partial charge in [-0.15, -0.1) is 0 Å². The Morgan fingerprint density at radius 1 is 1.30 bits per heavy atom. The van der Waals surface area contributed by atoms with Crippen LogP contribution in [0.4, 0.5) is 0 Å². The van der Waals surface area contributed by atoms with E-state index in [0.717, 1.165) is 25.7 Å². The zero-order chi connectivity index (χ0) is 14.1. The molecule has 1 aliphatic carbocycles. The zero-order valence-electron chi connectivity index (χ0n) is 10.8. The van der Waals surface area contributed by atoms with Crippen molar-refractivity contribution in [2.45, 2.75) is 31.7 Å². The van der Waals surface area contributed by atoms with E-state index in [2.05, 4.69) is 5.32 Å². The molecule has 0 saturated heterocycles. The summed E-state index contributed by atoms with van der Waals surface area (Å²) in [4.78, 5) is 24.1. The standard InChI is InChI=1S/C15H14ClNO3/c16-12-7-3-4-9-8-11(15(19)20-13(9)12)14(18)17-10-5-1-2-6-10/h3-4,7-8,10H,1-2,5-6H2,(H,17,18). The molecule has 1 N–H and O–H groups in total. The van der Waals surface area contributed by atoms with Crippen LogP contribution in [0.15, 0.2) is 33.5 Å². The second kappa shape index (κ2) is 5.29. The van der Waals surface area contributed by atoms with Crippen LogP contribution in [-0.4, -0.2) is 11.9 Å². The summed E-state index contributed by atoms with van der Waals surface area (Å²) >= 11 is 5.97.